The maximum Gasteiger partial charge on any atom is 0.156 e. The molecular formula is C19H18Cl3N3O. The SMILES string of the molecule is Nc1n[nH]c2ccc(C3CCCc4c3cc(Cl)c(OCCCl)c4Cl)cc12. The van der Waals surface area contributed by atoms with Crippen molar-refractivity contribution in [1.82, 2.24) is 10.2 Å². The Morgan fingerprint density at radius 1 is 1.27 bits per heavy atom. The number of nitrogens with one attached hydrogen (secondary N) is 1. The lowest BCUT2D eigenvalue weighted by Crippen LogP contribution is -2.13. The molecule has 1 unspecified atom stereocenters. The number of ether oxygens (including phenoxy) is 1. The maximum atomic E-state index is 6.64. The summed E-state index contributed by atoms with van der Waals surface area (Å²) in [5.41, 5.74) is 10.4. The number of benzene rings is 2. The number of alkyl halides is 1. The van der Waals surface area contributed by atoms with Crippen molar-refractivity contribution in [3.8, 4) is 5.75 Å². The van der Waals surface area contributed by atoms with Gasteiger partial charge in [0.2, 0.25) is 0 Å². The van der Waals surface area contributed by atoms with Crippen LogP contribution in [-0.2, 0) is 6.42 Å². The largest absolute Gasteiger partial charge is 0.489 e. The molecule has 7 heteroatoms. The van der Waals surface area contributed by atoms with Crippen LogP contribution in [0.2, 0.25) is 10.0 Å². The van der Waals surface area contributed by atoms with Gasteiger partial charge in [-0.2, -0.15) is 5.10 Å². The number of aromatic amines is 1. The molecular weight excluding hydrogens is 393 g/mol. The lowest BCUT2D eigenvalue weighted by atomic mass is 9.78. The van der Waals surface area contributed by atoms with Gasteiger partial charge in [0.15, 0.2) is 11.6 Å². The summed E-state index contributed by atoms with van der Waals surface area (Å²) in [5.74, 6) is 1.65. The van der Waals surface area contributed by atoms with Gasteiger partial charge in [-0.05, 0) is 54.2 Å². The molecule has 0 spiro atoms. The first-order chi connectivity index (χ1) is 12.6. The first-order valence-electron chi connectivity index (χ1n) is 8.53. The highest BCUT2D eigenvalue weighted by Gasteiger charge is 2.27. The zero-order valence-electron chi connectivity index (χ0n) is 14.0. The summed E-state index contributed by atoms with van der Waals surface area (Å²) < 4.78 is 5.66. The van der Waals surface area contributed by atoms with Gasteiger partial charge in [0.1, 0.15) is 6.61 Å². The third-order valence-electron chi connectivity index (χ3n) is 4.95. The summed E-state index contributed by atoms with van der Waals surface area (Å²) in [5, 5.41) is 9.08. The molecule has 1 aromatic heterocycles. The first kappa shape index (κ1) is 17.8. The molecule has 4 nitrogen and oxygen atoms in total. The molecule has 1 aliphatic carbocycles. The second-order valence-corrected chi connectivity index (χ2v) is 7.63. The number of fused-ring (bicyclic) bond motifs is 2. The van der Waals surface area contributed by atoms with Gasteiger partial charge in [0.25, 0.3) is 0 Å². The Bertz CT molecular complexity index is 970. The van der Waals surface area contributed by atoms with Crippen LogP contribution in [0.3, 0.4) is 0 Å². The van der Waals surface area contributed by atoms with Gasteiger partial charge in [0.05, 0.1) is 21.4 Å². The minimum Gasteiger partial charge on any atom is -0.489 e. The van der Waals surface area contributed by atoms with E-state index in [-0.39, 0.29) is 5.92 Å². The molecule has 3 N–H and O–H groups in total. The highest BCUT2D eigenvalue weighted by atomic mass is 35.5. The predicted molar refractivity (Wildman–Crippen MR) is 108 cm³/mol. The van der Waals surface area contributed by atoms with Gasteiger partial charge < -0.3 is 10.5 Å². The molecule has 1 aliphatic rings. The van der Waals surface area contributed by atoms with Crippen LogP contribution < -0.4 is 10.5 Å². The average molecular weight is 411 g/mol. The standard InChI is InChI=1S/C19H18Cl3N3O/c20-6-7-26-18-15(21)9-13-11(2-1-3-12(13)17(18)22)10-4-5-16-14(8-10)19(23)25-24-16/h4-5,8-9,11H,1-3,6-7H2,(H3,23,24,25). The van der Waals surface area contributed by atoms with Crippen molar-refractivity contribution < 1.29 is 4.74 Å². The van der Waals surface area contributed by atoms with Gasteiger partial charge in [-0.1, -0.05) is 29.3 Å². The molecule has 2 aromatic carbocycles. The van der Waals surface area contributed by atoms with Crippen LogP contribution in [0.25, 0.3) is 10.9 Å². The highest BCUT2D eigenvalue weighted by molar-refractivity contribution is 6.37. The van der Waals surface area contributed by atoms with Crippen molar-refractivity contribution in [1.29, 1.82) is 0 Å². The quantitative estimate of drug-likeness (QED) is 0.555. The van der Waals surface area contributed by atoms with Gasteiger partial charge in [-0.25, -0.2) is 0 Å². The van der Waals surface area contributed by atoms with E-state index in [0.29, 0.717) is 34.1 Å². The number of nitrogens with zero attached hydrogens (tertiary/aromatic N) is 1. The Morgan fingerprint density at radius 3 is 2.92 bits per heavy atom. The van der Waals surface area contributed by atoms with Crippen molar-refractivity contribution in [2.24, 2.45) is 0 Å². The maximum absolute atomic E-state index is 6.64. The molecule has 0 saturated heterocycles. The van der Waals surface area contributed by atoms with Gasteiger partial charge >= 0.3 is 0 Å². The Hall–Kier alpha value is -1.62. The number of aromatic nitrogens is 2. The topological polar surface area (TPSA) is 63.9 Å². The Balaban J connectivity index is 1.80. The van der Waals surface area contributed by atoms with Crippen molar-refractivity contribution in [3.63, 3.8) is 0 Å². The minimum absolute atomic E-state index is 0.217. The first-order valence-corrected chi connectivity index (χ1v) is 9.82. The zero-order valence-corrected chi connectivity index (χ0v) is 16.3. The van der Waals surface area contributed by atoms with Crippen molar-refractivity contribution >= 4 is 51.5 Å². The molecule has 0 bridgehead atoms. The fourth-order valence-electron chi connectivity index (χ4n) is 3.75. The van der Waals surface area contributed by atoms with Crippen molar-refractivity contribution in [2.75, 3.05) is 18.2 Å². The van der Waals surface area contributed by atoms with Gasteiger partial charge in [-0.3, -0.25) is 5.10 Å². The van der Waals surface area contributed by atoms with E-state index in [0.717, 1.165) is 41.3 Å². The van der Waals surface area contributed by atoms with Crippen LogP contribution in [0, 0.1) is 0 Å². The Labute approximate surface area is 166 Å². The van der Waals surface area contributed by atoms with Crippen LogP contribution in [0.4, 0.5) is 5.82 Å². The molecule has 3 aromatic rings. The van der Waals surface area contributed by atoms with E-state index < -0.39 is 0 Å². The highest BCUT2D eigenvalue weighted by Crippen LogP contribution is 2.46. The smallest absolute Gasteiger partial charge is 0.156 e. The molecule has 4 rings (SSSR count). The molecule has 26 heavy (non-hydrogen) atoms. The minimum atomic E-state index is 0.217. The molecule has 0 amide bonds. The number of nitrogens with two attached hydrogens (primary N) is 1. The normalized spacial score (nSPS) is 16.7. The molecule has 1 atom stereocenters. The average Bonchev–Trinajstić information content (AvgIpc) is 3.02. The summed E-state index contributed by atoms with van der Waals surface area (Å²) in [6.07, 6.45) is 2.99. The van der Waals surface area contributed by atoms with Crippen molar-refractivity contribution in [2.45, 2.75) is 25.2 Å². The lowest BCUT2D eigenvalue weighted by molar-refractivity contribution is 0.342. The van der Waals surface area contributed by atoms with Crippen LogP contribution in [0.5, 0.6) is 5.75 Å². The number of anilines is 1. The third kappa shape index (κ3) is 3.00. The van der Waals surface area contributed by atoms with E-state index in [1.807, 2.05) is 12.1 Å². The molecule has 0 radical (unpaired) electrons. The molecule has 0 aliphatic heterocycles. The summed E-state index contributed by atoms with van der Waals surface area (Å²) >= 11 is 18.8. The second kappa shape index (κ2) is 7.18. The summed E-state index contributed by atoms with van der Waals surface area (Å²) in [6.45, 7) is 0.375. The van der Waals surface area contributed by atoms with E-state index in [2.05, 4.69) is 22.3 Å². The third-order valence-corrected chi connectivity index (χ3v) is 5.78. The molecule has 136 valence electrons. The number of halogens is 3. The van der Waals surface area contributed by atoms with Crippen LogP contribution in [0.1, 0.15) is 35.4 Å². The Kier molecular flexibility index (Phi) is 4.91. The van der Waals surface area contributed by atoms with E-state index >= 15 is 0 Å². The van der Waals surface area contributed by atoms with Crippen LogP contribution in [-0.4, -0.2) is 22.7 Å². The number of nitrogen functional groups attached to an aromatic ring is 1. The van der Waals surface area contributed by atoms with Crippen LogP contribution >= 0.6 is 34.8 Å². The number of hydrogen-bond acceptors (Lipinski definition) is 3. The predicted octanol–water partition coefficient (Wildman–Crippen LogP) is 5.54. The van der Waals surface area contributed by atoms with Gasteiger partial charge in [-0.15, -0.1) is 11.6 Å². The lowest BCUT2D eigenvalue weighted by Gasteiger charge is -2.28. The van der Waals surface area contributed by atoms with Crippen LogP contribution in [0.15, 0.2) is 24.3 Å². The van der Waals surface area contributed by atoms with Crippen molar-refractivity contribution in [3.05, 3.63) is 51.0 Å². The Morgan fingerprint density at radius 2 is 2.12 bits per heavy atom. The van der Waals surface area contributed by atoms with E-state index in [4.69, 9.17) is 45.3 Å². The van der Waals surface area contributed by atoms with Gasteiger partial charge in [0, 0.05) is 11.3 Å². The summed E-state index contributed by atoms with van der Waals surface area (Å²) in [7, 11) is 0. The number of H-pyrrole nitrogens is 1. The molecule has 1 heterocycles. The monoisotopic (exact) mass is 409 g/mol. The fraction of sp³-hybridized carbons (Fsp3) is 0.316. The summed E-state index contributed by atoms with van der Waals surface area (Å²) in [4.78, 5) is 0. The zero-order chi connectivity index (χ0) is 18.3. The van der Waals surface area contributed by atoms with E-state index in [9.17, 15) is 0 Å². The second-order valence-electron chi connectivity index (χ2n) is 6.47. The van der Waals surface area contributed by atoms with E-state index in [1.54, 1.807) is 0 Å². The van der Waals surface area contributed by atoms with E-state index in [1.165, 1.54) is 5.56 Å². The fourth-order valence-corrected chi connectivity index (χ4v) is 4.50. The number of hydrogen-bond donors (Lipinski definition) is 2. The molecule has 0 saturated carbocycles. The molecule has 0 fully saturated rings. The number of rotatable bonds is 4. The summed E-state index contributed by atoms with van der Waals surface area (Å²) in [6, 6.07) is 8.22.